The molecule has 0 spiro atoms. The van der Waals surface area contributed by atoms with Crippen LogP contribution in [0.2, 0.25) is 0 Å². The van der Waals surface area contributed by atoms with Gasteiger partial charge in [0, 0.05) is 126 Å². The molecule has 0 aliphatic carbocycles. The number of carboxylic acids is 2. The summed E-state index contributed by atoms with van der Waals surface area (Å²) in [7, 11) is -1.06. The second-order valence-electron chi connectivity index (χ2n) is 37.1. The summed E-state index contributed by atoms with van der Waals surface area (Å²) >= 11 is 0. The van der Waals surface area contributed by atoms with Crippen LogP contribution in [0.4, 0.5) is 0 Å². The third kappa shape index (κ3) is 57.4. The second kappa shape index (κ2) is 61.5. The fraction of sp³-hybridized carbons (Fsp3) is 0.778. The molecule has 0 radical (unpaired) electrons. The molecule has 0 heterocycles. The molecule has 0 aromatic rings. The molecule has 0 saturated carbocycles. The largest absolute Gasteiger partial charge is 0.481 e. The molecule has 0 aromatic carbocycles. The van der Waals surface area contributed by atoms with E-state index in [1.165, 1.54) is 95.3 Å². The summed E-state index contributed by atoms with van der Waals surface area (Å²) in [6, 6.07) is -0.764. The topological polar surface area (TPSA) is 453 Å². The van der Waals surface area contributed by atoms with Crippen molar-refractivity contribution in [2.45, 2.75) is 252 Å². The Morgan fingerprint density at radius 2 is 0.585 bits per heavy atom. The van der Waals surface area contributed by atoms with Gasteiger partial charge in [0.2, 0.25) is 41.9 Å². The van der Waals surface area contributed by atoms with Crippen LogP contribution in [0, 0.1) is 118 Å². The van der Waals surface area contributed by atoms with Crippen molar-refractivity contribution in [1.82, 2.24) is 28.4 Å². The van der Waals surface area contributed by atoms with Crippen LogP contribution in [0.15, 0.2) is 24.3 Å². The van der Waals surface area contributed by atoms with Crippen molar-refractivity contribution >= 4 is 123 Å². The van der Waals surface area contributed by atoms with Gasteiger partial charge in [0.1, 0.15) is 69.7 Å². The number of amides is 2. The lowest BCUT2D eigenvalue weighted by atomic mass is 9.79. The van der Waals surface area contributed by atoms with E-state index >= 15 is 0 Å². The van der Waals surface area contributed by atoms with Crippen molar-refractivity contribution in [2.75, 3.05) is 87.2 Å². The van der Waals surface area contributed by atoms with Crippen LogP contribution >= 0.6 is 0 Å². The molecule has 0 unspecified atom stereocenters. The molecule has 123 heavy (non-hydrogen) atoms. The molecule has 30 nitrogen and oxygen atoms in total. The molecule has 0 aliphatic rings. The van der Waals surface area contributed by atoms with Gasteiger partial charge in [0.15, 0.2) is 5.78 Å². The van der Waals surface area contributed by atoms with E-state index in [2.05, 4.69) is 37.6 Å². The number of aliphatic carboxylic acids is 2. The Morgan fingerprint density at radius 1 is 0.341 bits per heavy atom. The van der Waals surface area contributed by atoms with E-state index in [0.717, 1.165) is 38.1 Å². The lowest BCUT2D eigenvalue weighted by Crippen LogP contribution is -2.56. The number of carbonyl (C=O) groups excluding carboxylic acids is 14. The quantitative estimate of drug-likeness (QED) is 0.0325. The van der Waals surface area contributed by atoms with E-state index in [4.69, 9.17) is 5.11 Å². The first kappa shape index (κ1) is 129. The minimum atomic E-state index is -3.50. The number of carboxylic acid groups (broad SMARTS) is 2. The summed E-state index contributed by atoms with van der Waals surface area (Å²) in [4.78, 5) is 187. The minimum Gasteiger partial charge on any atom is -0.481 e. The molecule has 0 bridgehead atoms. The number of sulfonamides is 3. The van der Waals surface area contributed by atoms with Gasteiger partial charge in [-0.15, -0.1) is 0 Å². The normalized spacial score (nSPS) is 14.6. The summed E-state index contributed by atoms with van der Waals surface area (Å²) in [5, 5.41) is 23.7. The second-order valence-corrected chi connectivity index (χ2v) is 43.4. The Balaban J connectivity index is -0.000000260. The number of rotatable bonds is 49. The van der Waals surface area contributed by atoms with Gasteiger partial charge < -0.3 is 25.7 Å². The van der Waals surface area contributed by atoms with E-state index in [1.807, 2.05) is 111 Å². The highest BCUT2D eigenvalue weighted by atomic mass is 32.2. The smallest absolute Gasteiger partial charge is 0.331 e. The Morgan fingerprint density at radius 3 is 0.797 bits per heavy atom. The van der Waals surface area contributed by atoms with Gasteiger partial charge in [-0.3, -0.25) is 71.9 Å². The number of hydrogen-bond acceptors (Lipinski definition) is 23. The van der Waals surface area contributed by atoms with Crippen molar-refractivity contribution in [1.29, 1.82) is 0 Å². The third-order valence-corrected chi connectivity index (χ3v) is 24.3. The van der Waals surface area contributed by atoms with E-state index in [9.17, 15) is 107 Å². The van der Waals surface area contributed by atoms with Gasteiger partial charge in [0.05, 0.1) is 30.6 Å². The summed E-state index contributed by atoms with van der Waals surface area (Å²) < 4.78 is 72.5. The number of allylic oxidation sites excluding steroid dienone is 1. The highest BCUT2D eigenvalue weighted by Crippen LogP contribution is 2.31. The first-order chi connectivity index (χ1) is 55.2. The molecular weight excluding hydrogens is 1650 g/mol. The standard InChI is InChI=1S/C20H39N3O5S.C13H25NO4S.C12H23NO5S.C12H23NO2.C12H20O3.C11H18O2.C10H16O3/c1-13(2)11-15(16(14(3)24)12-23(9)29(10,27)28)18(25)21-17(20(4,5)6)19(26)22(7)8;1-9(2)7-12(10(3)15)13(11(4)16)8-14(5)19(6,17)18;1-8(2)6-10(12(15)16)11(9(3)14)7-13(4)19(5,17)18;1-8(2)6-11(9(3)14)12(7-13-5)10(4)15;1-7(2)6-11(8(3)13)12(9(4)14)10(5)15;1-7(2)6-11(10(5)13)8(3)9(4)12;1-6(2)5-9(8(4)11)7(3)10(12)13/h13,15-17H,11-12H2,1-10H3,(H,21,25);9,12-13H,7-8H2,1-6H3;8,10-11H,6-7H2,1-5H3,(H,15,16);8,11-13H,6-7H2,1-5H3;7,11-12H,6H2,1-5H3;7,11H,3,6H2,1-2,4-5H3;6,9H,3,5H2,1-2,4H3,(H,12,13)/t15-,16-,17-;12-,13+;10-,11-;11-,12+;2*11-;9-/m1010011/s1. The number of carbonyl (C=O) groups is 16. The summed E-state index contributed by atoms with van der Waals surface area (Å²) in [5.74, 6) is -8.52. The van der Waals surface area contributed by atoms with Crippen molar-refractivity contribution in [3.05, 3.63) is 24.3 Å². The van der Waals surface area contributed by atoms with Crippen LogP contribution in [-0.2, 0) is 107 Å². The highest BCUT2D eigenvalue weighted by Gasteiger charge is 2.41. The van der Waals surface area contributed by atoms with Crippen molar-refractivity contribution in [2.24, 2.45) is 118 Å². The molecule has 0 aromatic heterocycles. The van der Waals surface area contributed by atoms with Crippen LogP contribution < -0.4 is 10.6 Å². The zero-order valence-corrected chi connectivity index (χ0v) is 84.6. The van der Waals surface area contributed by atoms with Gasteiger partial charge in [-0.1, -0.05) is 131 Å². The van der Waals surface area contributed by atoms with Gasteiger partial charge in [0.25, 0.3) is 0 Å². The molecular formula is C90H164N6O24S3. The Bertz CT molecular complexity index is 3690. The Kier molecular flexibility index (Phi) is 64.6. The van der Waals surface area contributed by atoms with E-state index < -0.39 is 113 Å². The van der Waals surface area contributed by atoms with Gasteiger partial charge in [-0.2, -0.15) is 0 Å². The lowest BCUT2D eigenvalue weighted by molar-refractivity contribution is -0.147. The molecule has 0 rings (SSSR count). The third-order valence-electron chi connectivity index (χ3n) is 20.4. The zero-order valence-electron chi connectivity index (χ0n) is 82.1. The predicted molar refractivity (Wildman–Crippen MR) is 486 cm³/mol. The average Bonchev–Trinajstić information content (AvgIpc) is 0.819. The summed E-state index contributed by atoms with van der Waals surface area (Å²) in [5.41, 5.74) is -0.0864. The maximum atomic E-state index is 13.2. The average molecular weight is 1810 g/mol. The number of nitrogens with one attached hydrogen (secondary N) is 2. The van der Waals surface area contributed by atoms with Crippen LogP contribution in [0.25, 0.3) is 0 Å². The molecule has 0 aliphatic heterocycles. The van der Waals surface area contributed by atoms with Crippen molar-refractivity contribution in [3.63, 3.8) is 0 Å². The minimum absolute atomic E-state index is 0.00111. The molecule has 0 fully saturated rings. The van der Waals surface area contributed by atoms with E-state index in [0.29, 0.717) is 74.3 Å². The first-order valence-corrected chi connectivity index (χ1v) is 47.5. The fourth-order valence-corrected chi connectivity index (χ4v) is 14.6. The molecule has 0 saturated heterocycles. The predicted octanol–water partition coefficient (Wildman–Crippen LogP) is 11.5. The maximum Gasteiger partial charge on any atom is 0.331 e. The monoisotopic (exact) mass is 1810 g/mol. The molecule has 716 valence electrons. The molecule has 12 atom stereocenters. The zero-order chi connectivity index (χ0) is 99.4. The van der Waals surface area contributed by atoms with Crippen molar-refractivity contribution < 1.29 is 112 Å². The van der Waals surface area contributed by atoms with Crippen LogP contribution in [0.3, 0.4) is 0 Å². The summed E-state index contributed by atoms with van der Waals surface area (Å²) in [6.07, 6.45) is 7.19. The fourth-order valence-electron chi connectivity index (χ4n) is 13.3. The number of nitrogens with zero attached hydrogens (tertiary/aromatic N) is 4. The first-order valence-electron chi connectivity index (χ1n) is 42.0. The van der Waals surface area contributed by atoms with Crippen LogP contribution in [0.5, 0.6) is 0 Å². The van der Waals surface area contributed by atoms with E-state index in [-0.39, 0.29) is 136 Å². The molecule has 2 amide bonds. The Labute approximate surface area is 740 Å². The SMILES string of the molecule is C=C(C(=O)O)[C@@H](CC(C)C)C(C)=O.C=C(C(C)=O)[C@@H](CC(C)C)C(C)=O.CC(=O)C(C(C)=O)[C@@H](CC(C)C)C(C)=O.CC(=O)[C@@H](CN(C)S(C)(=O)=O)[C@@H](CC(C)C)C(=O)N[C@H](C(=O)N(C)C)C(C)(C)C.CC(=O)[C@@H](CN(C)S(C)(=O)=O)[C@@H](CC(C)C)C(=O)O.CC(=O)[C@@H](CN(C)S(C)(=O)=O)[C@@H](CC(C)C)C(C)=O.CNC[C@H](C(C)=O)[C@@H](CC(C)C)C(C)=O. The molecule has 33 heteroatoms. The number of hydrogen-bond donors (Lipinski definition) is 4. The van der Waals surface area contributed by atoms with Crippen molar-refractivity contribution in [3.8, 4) is 0 Å². The van der Waals surface area contributed by atoms with Gasteiger partial charge >= 0.3 is 11.9 Å². The number of Topliss-reactive ketones (excluding diaryl/α,β-unsaturated/α-hetero) is 12. The Hall–Kier alpha value is -6.91. The number of ketones is 12. The van der Waals surface area contributed by atoms with E-state index in [1.54, 1.807) is 27.9 Å². The lowest BCUT2D eigenvalue weighted by Gasteiger charge is -2.35. The summed E-state index contributed by atoms with van der Waals surface area (Å²) in [6.45, 7) is 58.0. The van der Waals surface area contributed by atoms with Gasteiger partial charge in [-0.05, 0) is 187 Å². The maximum absolute atomic E-state index is 13.2. The van der Waals surface area contributed by atoms with Crippen LogP contribution in [0.1, 0.15) is 246 Å². The van der Waals surface area contributed by atoms with Crippen LogP contribution in [-0.4, -0.2) is 240 Å². The highest BCUT2D eigenvalue weighted by molar-refractivity contribution is 7.88. The van der Waals surface area contributed by atoms with Gasteiger partial charge in [-0.25, -0.2) is 43.0 Å². The molecule has 4 N–H and O–H groups in total. The number of likely N-dealkylation sites (N-methyl/N-ethyl adjacent to an activating group) is 1.